The third-order valence-corrected chi connectivity index (χ3v) is 2.51. The van der Waals surface area contributed by atoms with E-state index in [-0.39, 0.29) is 22.7 Å². The molecule has 0 saturated heterocycles. The van der Waals surface area contributed by atoms with E-state index in [0.717, 1.165) is 17.8 Å². The average Bonchev–Trinajstić information content (AvgIpc) is 2.63. The Morgan fingerprint density at radius 1 is 1.53 bits per heavy atom. The Hall–Kier alpha value is -1.21. The molecule has 1 amide bonds. The topological polar surface area (TPSA) is 92.3 Å². The van der Waals surface area contributed by atoms with Crippen LogP contribution < -0.4 is 5.73 Å². The maximum Gasteiger partial charge on any atom is 0.284 e. The van der Waals surface area contributed by atoms with Crippen LogP contribution in [0.25, 0.3) is 0 Å². The minimum Gasteiger partial charge on any atom is -0.395 e. The molecule has 0 bridgehead atoms. The largest absolute Gasteiger partial charge is 0.395 e. The summed E-state index contributed by atoms with van der Waals surface area (Å²) in [5.74, 6) is -0.222. The van der Waals surface area contributed by atoms with Gasteiger partial charge in [0.1, 0.15) is 0 Å². The molecule has 0 spiro atoms. The number of hydrogen-bond acceptors (Lipinski definition) is 6. The third-order valence-electron chi connectivity index (χ3n) is 1.77. The van der Waals surface area contributed by atoms with Crippen molar-refractivity contribution in [2.45, 2.75) is 13.3 Å². The lowest BCUT2D eigenvalue weighted by molar-refractivity contribution is 0.0720. The van der Waals surface area contributed by atoms with E-state index >= 15 is 0 Å². The second-order valence-electron chi connectivity index (χ2n) is 2.96. The van der Waals surface area contributed by atoms with Gasteiger partial charge in [-0.3, -0.25) is 4.79 Å². The summed E-state index contributed by atoms with van der Waals surface area (Å²) in [6.07, 6.45) is 0.833. The summed E-state index contributed by atoms with van der Waals surface area (Å²) in [6, 6.07) is 0. The number of rotatable bonds is 5. The Kier molecular flexibility index (Phi) is 4.44. The Balaban J connectivity index is 2.71. The van der Waals surface area contributed by atoms with Gasteiger partial charge in [0.05, 0.1) is 6.61 Å². The second kappa shape index (κ2) is 5.62. The van der Waals surface area contributed by atoms with Gasteiger partial charge in [-0.05, 0) is 6.42 Å². The molecule has 3 N–H and O–H groups in total. The fourth-order valence-electron chi connectivity index (χ4n) is 1.16. The van der Waals surface area contributed by atoms with Gasteiger partial charge in [0, 0.05) is 13.1 Å². The Bertz CT molecular complexity index is 322. The first kappa shape index (κ1) is 11.9. The van der Waals surface area contributed by atoms with Crippen molar-refractivity contribution in [2.24, 2.45) is 0 Å². The molecule has 0 aromatic carbocycles. The fourth-order valence-corrected chi connectivity index (χ4v) is 1.74. The molecule has 1 heterocycles. The third kappa shape index (κ3) is 3.14. The molecule has 1 aromatic heterocycles. The number of nitrogens with two attached hydrogens (primary N) is 1. The number of nitrogens with zero attached hydrogens (tertiary/aromatic N) is 3. The lowest BCUT2D eigenvalue weighted by Crippen LogP contribution is -2.34. The lowest BCUT2D eigenvalue weighted by Gasteiger charge is -2.19. The number of hydrogen-bond donors (Lipinski definition) is 2. The smallest absolute Gasteiger partial charge is 0.284 e. The zero-order valence-corrected chi connectivity index (χ0v) is 9.33. The molecule has 0 aliphatic rings. The van der Waals surface area contributed by atoms with Gasteiger partial charge in [0.25, 0.3) is 5.91 Å². The quantitative estimate of drug-likeness (QED) is 0.740. The number of amides is 1. The first-order valence-electron chi connectivity index (χ1n) is 4.68. The van der Waals surface area contributed by atoms with Gasteiger partial charge in [-0.2, -0.15) is 0 Å². The highest BCUT2D eigenvalue weighted by atomic mass is 32.1. The van der Waals surface area contributed by atoms with E-state index in [4.69, 9.17) is 10.8 Å². The molecule has 0 fully saturated rings. The summed E-state index contributed by atoms with van der Waals surface area (Å²) >= 11 is 1.06. The van der Waals surface area contributed by atoms with Crippen molar-refractivity contribution in [1.82, 2.24) is 15.1 Å². The summed E-state index contributed by atoms with van der Waals surface area (Å²) in [5, 5.41) is 16.6. The van der Waals surface area contributed by atoms with Crippen molar-refractivity contribution in [3.8, 4) is 0 Å². The zero-order valence-electron chi connectivity index (χ0n) is 8.51. The van der Waals surface area contributed by atoms with E-state index in [1.165, 1.54) is 0 Å². The van der Waals surface area contributed by atoms with E-state index < -0.39 is 0 Å². The first-order valence-corrected chi connectivity index (χ1v) is 5.49. The maximum atomic E-state index is 11.8. The van der Waals surface area contributed by atoms with Crippen LogP contribution in [0.5, 0.6) is 0 Å². The SMILES string of the molecule is CCCN(CCO)C(=O)c1nnc(N)s1. The van der Waals surface area contributed by atoms with E-state index in [2.05, 4.69) is 10.2 Å². The number of aromatic nitrogens is 2. The number of aliphatic hydroxyl groups excluding tert-OH is 1. The lowest BCUT2D eigenvalue weighted by atomic mass is 10.4. The van der Waals surface area contributed by atoms with Crippen LogP contribution in [0.15, 0.2) is 0 Å². The van der Waals surface area contributed by atoms with Crippen molar-refractivity contribution < 1.29 is 9.90 Å². The van der Waals surface area contributed by atoms with Crippen molar-refractivity contribution >= 4 is 22.4 Å². The van der Waals surface area contributed by atoms with Gasteiger partial charge >= 0.3 is 0 Å². The second-order valence-corrected chi connectivity index (χ2v) is 3.97. The molecule has 7 heteroatoms. The van der Waals surface area contributed by atoms with E-state index in [1.807, 2.05) is 6.92 Å². The Labute approximate surface area is 91.7 Å². The van der Waals surface area contributed by atoms with Gasteiger partial charge in [0.15, 0.2) is 0 Å². The van der Waals surface area contributed by atoms with E-state index in [9.17, 15) is 4.79 Å². The van der Waals surface area contributed by atoms with Crippen molar-refractivity contribution in [3.05, 3.63) is 5.01 Å². The Morgan fingerprint density at radius 2 is 2.27 bits per heavy atom. The number of carbonyl (C=O) groups excluding carboxylic acids is 1. The van der Waals surface area contributed by atoms with Crippen molar-refractivity contribution in [3.63, 3.8) is 0 Å². The van der Waals surface area contributed by atoms with Crippen molar-refractivity contribution in [2.75, 3.05) is 25.4 Å². The van der Waals surface area contributed by atoms with Crippen LogP contribution in [0.4, 0.5) is 5.13 Å². The van der Waals surface area contributed by atoms with Crippen LogP contribution in [0.1, 0.15) is 23.1 Å². The minimum absolute atomic E-state index is 0.0555. The molecule has 0 aliphatic carbocycles. The first-order chi connectivity index (χ1) is 7.19. The number of nitrogen functional groups attached to an aromatic ring is 1. The molecule has 0 atom stereocenters. The molecule has 0 radical (unpaired) electrons. The predicted octanol–water partition coefficient (Wildman–Crippen LogP) is -0.0352. The standard InChI is InChI=1S/C8H14N4O2S/c1-2-3-12(4-5-13)7(14)6-10-11-8(9)15-6/h13H,2-5H2,1H3,(H2,9,11). The molecule has 6 nitrogen and oxygen atoms in total. The molecule has 1 aromatic rings. The summed E-state index contributed by atoms with van der Waals surface area (Å²) in [4.78, 5) is 13.3. The van der Waals surface area contributed by atoms with Gasteiger partial charge in [0.2, 0.25) is 10.1 Å². The molecular formula is C8H14N4O2S. The highest BCUT2D eigenvalue weighted by Gasteiger charge is 2.18. The normalized spacial score (nSPS) is 10.3. The number of aliphatic hydroxyl groups is 1. The van der Waals surface area contributed by atoms with Crippen molar-refractivity contribution in [1.29, 1.82) is 0 Å². The average molecular weight is 230 g/mol. The highest BCUT2D eigenvalue weighted by molar-refractivity contribution is 7.16. The van der Waals surface area contributed by atoms with Crippen LogP contribution >= 0.6 is 11.3 Å². The monoisotopic (exact) mass is 230 g/mol. The van der Waals surface area contributed by atoms with Gasteiger partial charge in [-0.15, -0.1) is 10.2 Å². The molecule has 84 valence electrons. The number of carbonyl (C=O) groups is 1. The van der Waals surface area contributed by atoms with Gasteiger partial charge < -0.3 is 15.7 Å². The summed E-state index contributed by atoms with van der Waals surface area (Å²) in [6.45, 7) is 2.82. The molecular weight excluding hydrogens is 216 g/mol. The van der Waals surface area contributed by atoms with Crippen LogP contribution in [0, 0.1) is 0 Å². The molecule has 0 saturated carbocycles. The highest BCUT2D eigenvalue weighted by Crippen LogP contribution is 2.13. The minimum atomic E-state index is -0.222. The summed E-state index contributed by atoms with van der Waals surface area (Å²) in [5.41, 5.74) is 5.39. The fraction of sp³-hybridized carbons (Fsp3) is 0.625. The summed E-state index contributed by atoms with van der Waals surface area (Å²) in [7, 11) is 0. The van der Waals surface area contributed by atoms with E-state index in [1.54, 1.807) is 4.90 Å². The predicted molar refractivity (Wildman–Crippen MR) is 57.6 cm³/mol. The van der Waals surface area contributed by atoms with E-state index in [0.29, 0.717) is 13.1 Å². The maximum absolute atomic E-state index is 11.8. The molecule has 0 unspecified atom stereocenters. The zero-order chi connectivity index (χ0) is 11.3. The van der Waals surface area contributed by atoms with Crippen LogP contribution in [-0.2, 0) is 0 Å². The molecule has 1 rings (SSSR count). The van der Waals surface area contributed by atoms with Gasteiger partial charge in [-0.1, -0.05) is 18.3 Å². The van der Waals surface area contributed by atoms with Crippen LogP contribution in [0.3, 0.4) is 0 Å². The van der Waals surface area contributed by atoms with Crippen LogP contribution in [-0.4, -0.2) is 45.8 Å². The Morgan fingerprint density at radius 3 is 2.73 bits per heavy atom. The van der Waals surface area contributed by atoms with Gasteiger partial charge in [-0.25, -0.2) is 0 Å². The number of anilines is 1. The van der Waals surface area contributed by atoms with Crippen LogP contribution in [0.2, 0.25) is 0 Å². The molecule has 15 heavy (non-hydrogen) atoms. The molecule has 0 aliphatic heterocycles. The summed E-state index contributed by atoms with van der Waals surface area (Å²) < 4.78 is 0.